The normalized spacial score (nSPS) is 12.8. The van der Waals surface area contributed by atoms with Crippen molar-refractivity contribution in [1.29, 1.82) is 0 Å². The van der Waals surface area contributed by atoms with E-state index in [9.17, 15) is 9.59 Å². The summed E-state index contributed by atoms with van der Waals surface area (Å²) in [5, 5.41) is 5.16. The van der Waals surface area contributed by atoms with Crippen LogP contribution in [0.25, 0.3) is 0 Å². The van der Waals surface area contributed by atoms with Crippen LogP contribution >= 0.6 is 0 Å². The van der Waals surface area contributed by atoms with Crippen molar-refractivity contribution >= 4 is 11.9 Å². The largest absolute Gasteiger partial charge is 0.457 e. The number of ether oxygens (including phenoxy) is 1. The van der Waals surface area contributed by atoms with Crippen molar-refractivity contribution in [3.8, 4) is 11.5 Å². The Morgan fingerprint density at radius 3 is 2.08 bits per heavy atom. The molecule has 0 aliphatic rings. The summed E-state index contributed by atoms with van der Waals surface area (Å²) in [5.41, 5.74) is 5.94. The molecule has 2 atom stereocenters. The molecule has 0 heterocycles. The molecule has 2 aromatic carbocycles. The van der Waals surface area contributed by atoms with Crippen molar-refractivity contribution < 1.29 is 14.3 Å². The summed E-state index contributed by atoms with van der Waals surface area (Å²) in [6.45, 7) is 3.44. The molecule has 0 aromatic heterocycles. The molecule has 0 saturated carbocycles. The number of rotatable bonds is 6. The minimum absolute atomic E-state index is 0.208. The monoisotopic (exact) mass is 327 g/mol. The van der Waals surface area contributed by atoms with Gasteiger partial charge in [-0.3, -0.25) is 4.79 Å². The van der Waals surface area contributed by atoms with Crippen molar-refractivity contribution in [2.24, 2.45) is 5.73 Å². The summed E-state index contributed by atoms with van der Waals surface area (Å²) in [6.07, 6.45) is 0. The predicted molar refractivity (Wildman–Crippen MR) is 91.7 cm³/mol. The Kier molecular flexibility index (Phi) is 5.78. The van der Waals surface area contributed by atoms with E-state index >= 15 is 0 Å². The molecular formula is C18H21N3O3. The van der Waals surface area contributed by atoms with E-state index < -0.39 is 12.1 Å². The molecular weight excluding hydrogens is 306 g/mol. The second-order valence-corrected chi connectivity index (χ2v) is 5.44. The first-order valence-corrected chi connectivity index (χ1v) is 7.65. The third kappa shape index (κ3) is 5.01. The second kappa shape index (κ2) is 8.01. The zero-order valence-electron chi connectivity index (χ0n) is 13.7. The number of primary amides is 1. The number of hydrogen-bond acceptors (Lipinski definition) is 3. The highest BCUT2D eigenvalue weighted by Crippen LogP contribution is 2.23. The highest BCUT2D eigenvalue weighted by Gasteiger charge is 2.17. The molecule has 0 radical (unpaired) electrons. The van der Waals surface area contributed by atoms with Crippen LogP contribution < -0.4 is 21.1 Å². The number of hydrogen-bond donors (Lipinski definition) is 3. The summed E-state index contributed by atoms with van der Waals surface area (Å²) in [5.74, 6) is 1.18. The summed E-state index contributed by atoms with van der Waals surface area (Å²) < 4.78 is 5.73. The minimum atomic E-state index is -0.729. The summed E-state index contributed by atoms with van der Waals surface area (Å²) in [7, 11) is 0. The number of nitrogens with one attached hydrogen (secondary N) is 2. The molecule has 0 saturated heterocycles. The van der Waals surface area contributed by atoms with Gasteiger partial charge in [-0.25, -0.2) is 4.79 Å². The van der Waals surface area contributed by atoms with Gasteiger partial charge in [-0.15, -0.1) is 0 Å². The van der Waals surface area contributed by atoms with Crippen LogP contribution in [0.15, 0.2) is 54.6 Å². The van der Waals surface area contributed by atoms with E-state index in [1.165, 1.54) is 0 Å². The Bertz CT molecular complexity index is 686. The Hall–Kier alpha value is -3.02. The van der Waals surface area contributed by atoms with Crippen LogP contribution in [-0.4, -0.2) is 18.0 Å². The summed E-state index contributed by atoms with van der Waals surface area (Å²) in [6, 6.07) is 15.3. The van der Waals surface area contributed by atoms with Gasteiger partial charge in [0.25, 0.3) is 0 Å². The highest BCUT2D eigenvalue weighted by molar-refractivity contribution is 5.86. The van der Waals surface area contributed by atoms with Gasteiger partial charge in [-0.2, -0.15) is 0 Å². The van der Waals surface area contributed by atoms with E-state index in [1.807, 2.05) is 61.5 Å². The van der Waals surface area contributed by atoms with E-state index in [0.717, 1.165) is 11.3 Å². The van der Waals surface area contributed by atoms with Crippen LogP contribution in [0, 0.1) is 0 Å². The minimum Gasteiger partial charge on any atom is -0.457 e. The predicted octanol–water partition coefficient (Wildman–Crippen LogP) is 2.71. The van der Waals surface area contributed by atoms with Crippen LogP contribution in [0.4, 0.5) is 4.79 Å². The molecule has 0 bridgehead atoms. The fourth-order valence-corrected chi connectivity index (χ4v) is 2.15. The topological polar surface area (TPSA) is 93.5 Å². The third-order valence-electron chi connectivity index (χ3n) is 3.47. The number of benzene rings is 2. The van der Waals surface area contributed by atoms with Crippen molar-refractivity contribution in [3.63, 3.8) is 0 Å². The molecule has 6 heteroatoms. The number of carbonyl (C=O) groups excluding carboxylic acids is 2. The number of carbonyl (C=O) groups is 2. The van der Waals surface area contributed by atoms with Gasteiger partial charge in [0.15, 0.2) is 0 Å². The van der Waals surface area contributed by atoms with E-state index in [0.29, 0.717) is 5.75 Å². The van der Waals surface area contributed by atoms with E-state index in [1.54, 1.807) is 6.92 Å². The first-order valence-electron chi connectivity index (χ1n) is 7.65. The zero-order chi connectivity index (χ0) is 17.5. The van der Waals surface area contributed by atoms with Gasteiger partial charge in [-0.1, -0.05) is 30.3 Å². The molecule has 0 aliphatic carbocycles. The standard InChI is InChI=1S/C18H21N3O3/c1-12(20-17(22)13(2)21-18(19)23)14-8-10-16(11-9-14)24-15-6-4-3-5-7-15/h3-13H,1-2H3,(H,20,22)(H3,19,21,23)/t12-,13+/m1/s1. The van der Waals surface area contributed by atoms with Crippen LogP contribution in [0.1, 0.15) is 25.5 Å². The second-order valence-electron chi connectivity index (χ2n) is 5.44. The average molecular weight is 327 g/mol. The van der Waals surface area contributed by atoms with Crippen molar-refractivity contribution in [2.75, 3.05) is 0 Å². The van der Waals surface area contributed by atoms with Gasteiger partial charge < -0.3 is 21.1 Å². The zero-order valence-corrected chi connectivity index (χ0v) is 13.7. The first-order chi connectivity index (χ1) is 11.5. The molecule has 3 amide bonds. The van der Waals surface area contributed by atoms with Gasteiger partial charge >= 0.3 is 6.03 Å². The van der Waals surface area contributed by atoms with E-state index in [4.69, 9.17) is 10.5 Å². The quantitative estimate of drug-likeness (QED) is 0.761. The molecule has 4 N–H and O–H groups in total. The Morgan fingerprint density at radius 2 is 1.50 bits per heavy atom. The average Bonchev–Trinajstić information content (AvgIpc) is 2.55. The number of nitrogens with two attached hydrogens (primary N) is 1. The Morgan fingerprint density at radius 1 is 0.917 bits per heavy atom. The van der Waals surface area contributed by atoms with Crippen molar-refractivity contribution in [2.45, 2.75) is 25.9 Å². The van der Waals surface area contributed by atoms with Crippen LogP contribution in [0.5, 0.6) is 11.5 Å². The molecule has 126 valence electrons. The van der Waals surface area contributed by atoms with Gasteiger partial charge in [0.05, 0.1) is 6.04 Å². The lowest BCUT2D eigenvalue weighted by Gasteiger charge is -2.18. The molecule has 0 unspecified atom stereocenters. The number of urea groups is 1. The molecule has 2 aromatic rings. The third-order valence-corrected chi connectivity index (χ3v) is 3.47. The summed E-state index contributed by atoms with van der Waals surface area (Å²) >= 11 is 0. The maximum atomic E-state index is 12.0. The van der Waals surface area contributed by atoms with Crippen molar-refractivity contribution in [1.82, 2.24) is 10.6 Å². The molecule has 0 aliphatic heterocycles. The SMILES string of the molecule is C[C@H](NC(N)=O)C(=O)N[C@H](C)c1ccc(Oc2ccccc2)cc1. The van der Waals surface area contributed by atoms with Crippen molar-refractivity contribution in [3.05, 3.63) is 60.2 Å². The fraction of sp³-hybridized carbons (Fsp3) is 0.222. The van der Waals surface area contributed by atoms with Crippen LogP contribution in [0.3, 0.4) is 0 Å². The van der Waals surface area contributed by atoms with Crippen LogP contribution in [-0.2, 0) is 4.79 Å². The highest BCUT2D eigenvalue weighted by atomic mass is 16.5. The maximum absolute atomic E-state index is 12.0. The number of amides is 3. The fourth-order valence-electron chi connectivity index (χ4n) is 2.15. The molecule has 0 fully saturated rings. The first kappa shape index (κ1) is 17.3. The summed E-state index contributed by atoms with van der Waals surface area (Å²) in [4.78, 5) is 22.7. The van der Waals surface area contributed by atoms with Gasteiger partial charge in [-0.05, 0) is 43.7 Å². The Balaban J connectivity index is 1.94. The van der Waals surface area contributed by atoms with Gasteiger partial charge in [0.2, 0.25) is 5.91 Å². The lowest BCUT2D eigenvalue weighted by Crippen LogP contribution is -2.47. The lowest BCUT2D eigenvalue weighted by atomic mass is 10.1. The van der Waals surface area contributed by atoms with Gasteiger partial charge in [0, 0.05) is 0 Å². The molecule has 6 nitrogen and oxygen atoms in total. The smallest absolute Gasteiger partial charge is 0.312 e. The van der Waals surface area contributed by atoms with E-state index in [-0.39, 0.29) is 11.9 Å². The lowest BCUT2D eigenvalue weighted by molar-refractivity contribution is -0.123. The molecule has 0 spiro atoms. The molecule has 24 heavy (non-hydrogen) atoms. The van der Waals surface area contributed by atoms with E-state index in [2.05, 4.69) is 10.6 Å². The number of para-hydroxylation sites is 1. The maximum Gasteiger partial charge on any atom is 0.312 e. The Labute approximate surface area is 141 Å². The van der Waals surface area contributed by atoms with Gasteiger partial charge in [0.1, 0.15) is 17.5 Å². The van der Waals surface area contributed by atoms with Crippen LogP contribution in [0.2, 0.25) is 0 Å². The molecule has 2 rings (SSSR count).